The summed E-state index contributed by atoms with van der Waals surface area (Å²) in [6, 6.07) is 16.2. The van der Waals surface area contributed by atoms with Gasteiger partial charge in [0, 0.05) is 10.2 Å². The van der Waals surface area contributed by atoms with E-state index >= 15 is 4.39 Å². The molecule has 31 heavy (non-hydrogen) atoms. The van der Waals surface area contributed by atoms with E-state index in [1.807, 2.05) is 43.3 Å². The fraction of sp³-hybridized carbons (Fsp3) is 0.130. The van der Waals surface area contributed by atoms with E-state index in [9.17, 15) is 9.90 Å². The Bertz CT molecular complexity index is 1260. The normalized spacial score (nSPS) is 10.9. The molecule has 6 nitrogen and oxygen atoms in total. The van der Waals surface area contributed by atoms with Crippen LogP contribution >= 0.6 is 15.9 Å². The van der Waals surface area contributed by atoms with E-state index in [-0.39, 0.29) is 16.8 Å². The number of aromatic carboxylic acids is 1. The summed E-state index contributed by atoms with van der Waals surface area (Å²) in [7, 11) is 0. The van der Waals surface area contributed by atoms with Crippen molar-refractivity contribution >= 4 is 44.3 Å². The first kappa shape index (κ1) is 20.9. The molecule has 0 amide bonds. The van der Waals surface area contributed by atoms with Crippen LogP contribution in [0.15, 0.2) is 65.4 Å². The second-order valence-corrected chi connectivity index (χ2v) is 7.89. The molecule has 0 saturated heterocycles. The van der Waals surface area contributed by atoms with E-state index in [4.69, 9.17) is 4.74 Å². The molecule has 1 aromatic heterocycles. The zero-order valence-electron chi connectivity index (χ0n) is 16.6. The number of carboxylic acid groups (broad SMARTS) is 1. The number of imidazole rings is 1. The second-order valence-electron chi connectivity index (χ2n) is 6.97. The van der Waals surface area contributed by atoms with Gasteiger partial charge in [0.05, 0.1) is 29.6 Å². The number of rotatable bonds is 7. The molecular weight excluding hydrogens is 465 g/mol. The first-order chi connectivity index (χ1) is 14.9. The van der Waals surface area contributed by atoms with Crippen molar-refractivity contribution in [2.45, 2.75) is 13.5 Å². The third-order valence-electron chi connectivity index (χ3n) is 4.88. The monoisotopic (exact) mass is 483 g/mol. The van der Waals surface area contributed by atoms with Crippen molar-refractivity contribution in [2.24, 2.45) is 0 Å². The molecule has 0 spiro atoms. The Morgan fingerprint density at radius 3 is 2.71 bits per heavy atom. The van der Waals surface area contributed by atoms with Crippen molar-refractivity contribution in [3.63, 3.8) is 0 Å². The van der Waals surface area contributed by atoms with Gasteiger partial charge in [-0.25, -0.2) is 14.2 Å². The number of aryl methyl sites for hydroxylation is 1. The lowest BCUT2D eigenvalue weighted by Gasteiger charge is -2.14. The minimum Gasteiger partial charge on any atom is -0.492 e. The molecular formula is C23H19BrFN3O3. The van der Waals surface area contributed by atoms with Crippen LogP contribution in [0.3, 0.4) is 0 Å². The molecule has 0 bridgehead atoms. The molecule has 4 aromatic rings. The Morgan fingerprint density at radius 2 is 2.00 bits per heavy atom. The van der Waals surface area contributed by atoms with Crippen LogP contribution in [0.2, 0.25) is 0 Å². The van der Waals surface area contributed by atoms with Crippen molar-refractivity contribution in [3.05, 3.63) is 82.3 Å². The average Bonchev–Trinajstić information content (AvgIpc) is 3.15. The standard InChI is InChI=1S/C23H19BrFN3O3/c1-14-11-15(24)7-8-18(14)27-21-17(23(29)30)12-19-22(20(21)25)26-13-28(19)9-10-31-16-5-3-2-4-6-16/h2-8,11-13,27H,9-10H2,1H3,(H,29,30). The van der Waals surface area contributed by atoms with Crippen molar-refractivity contribution in [3.8, 4) is 5.75 Å². The van der Waals surface area contributed by atoms with E-state index in [1.54, 1.807) is 16.7 Å². The number of nitrogens with one attached hydrogen (secondary N) is 1. The lowest BCUT2D eigenvalue weighted by molar-refractivity contribution is 0.0697. The van der Waals surface area contributed by atoms with Gasteiger partial charge >= 0.3 is 5.97 Å². The molecule has 2 N–H and O–H groups in total. The number of carboxylic acids is 1. The summed E-state index contributed by atoms with van der Waals surface area (Å²) in [6.45, 7) is 2.57. The number of halogens is 2. The summed E-state index contributed by atoms with van der Waals surface area (Å²) in [5, 5.41) is 12.7. The fourth-order valence-electron chi connectivity index (χ4n) is 3.31. The zero-order valence-corrected chi connectivity index (χ0v) is 18.2. The molecule has 3 aromatic carbocycles. The third kappa shape index (κ3) is 4.39. The number of anilines is 2. The van der Waals surface area contributed by atoms with Gasteiger partial charge in [-0.1, -0.05) is 34.1 Å². The van der Waals surface area contributed by atoms with Gasteiger partial charge in [0.2, 0.25) is 0 Å². The Hall–Kier alpha value is -3.39. The number of para-hydroxylation sites is 1. The lowest BCUT2D eigenvalue weighted by Crippen LogP contribution is -2.09. The number of benzene rings is 3. The number of hydrogen-bond acceptors (Lipinski definition) is 4. The average molecular weight is 484 g/mol. The van der Waals surface area contributed by atoms with Gasteiger partial charge in [0.1, 0.15) is 17.9 Å². The quantitative estimate of drug-likeness (QED) is 0.349. The molecule has 0 fully saturated rings. The van der Waals surface area contributed by atoms with Crippen LogP contribution in [-0.2, 0) is 6.54 Å². The van der Waals surface area contributed by atoms with E-state index in [1.165, 1.54) is 12.4 Å². The SMILES string of the molecule is Cc1cc(Br)ccc1Nc1c(C(=O)O)cc2c(ncn2CCOc2ccccc2)c1F. The summed E-state index contributed by atoms with van der Waals surface area (Å²) in [5.41, 5.74) is 1.66. The molecule has 0 aliphatic heterocycles. The molecule has 0 radical (unpaired) electrons. The summed E-state index contributed by atoms with van der Waals surface area (Å²) < 4.78 is 23.6. The predicted molar refractivity (Wildman–Crippen MR) is 121 cm³/mol. The van der Waals surface area contributed by atoms with Gasteiger partial charge in [0.15, 0.2) is 5.82 Å². The Labute approximate surface area is 186 Å². The third-order valence-corrected chi connectivity index (χ3v) is 5.37. The van der Waals surface area contributed by atoms with Crippen LogP contribution in [0.4, 0.5) is 15.8 Å². The maximum Gasteiger partial charge on any atom is 0.338 e. The molecule has 158 valence electrons. The maximum atomic E-state index is 15.3. The molecule has 0 aliphatic carbocycles. The summed E-state index contributed by atoms with van der Waals surface area (Å²) in [5.74, 6) is -1.22. The molecule has 0 aliphatic rings. The van der Waals surface area contributed by atoms with Crippen LogP contribution in [0.25, 0.3) is 11.0 Å². The van der Waals surface area contributed by atoms with E-state index in [0.29, 0.717) is 24.4 Å². The van der Waals surface area contributed by atoms with Crippen molar-refractivity contribution in [1.29, 1.82) is 0 Å². The van der Waals surface area contributed by atoms with Gasteiger partial charge in [-0.2, -0.15) is 0 Å². The van der Waals surface area contributed by atoms with Crippen LogP contribution in [-0.4, -0.2) is 27.2 Å². The van der Waals surface area contributed by atoms with Crippen molar-refractivity contribution in [2.75, 3.05) is 11.9 Å². The zero-order chi connectivity index (χ0) is 22.0. The topological polar surface area (TPSA) is 76.4 Å². The minimum absolute atomic E-state index is 0.0991. The number of carbonyl (C=O) groups is 1. The number of nitrogens with zero attached hydrogens (tertiary/aromatic N) is 2. The van der Waals surface area contributed by atoms with Crippen LogP contribution in [0, 0.1) is 12.7 Å². The number of hydrogen-bond donors (Lipinski definition) is 2. The molecule has 0 unspecified atom stereocenters. The van der Waals surface area contributed by atoms with Gasteiger partial charge < -0.3 is 19.7 Å². The van der Waals surface area contributed by atoms with E-state index in [2.05, 4.69) is 26.2 Å². The van der Waals surface area contributed by atoms with E-state index < -0.39 is 11.8 Å². The van der Waals surface area contributed by atoms with Crippen LogP contribution < -0.4 is 10.1 Å². The highest BCUT2D eigenvalue weighted by atomic mass is 79.9. The van der Waals surface area contributed by atoms with Gasteiger partial charge in [-0.3, -0.25) is 0 Å². The van der Waals surface area contributed by atoms with Crippen LogP contribution in [0.1, 0.15) is 15.9 Å². The Kier molecular flexibility index (Phi) is 5.90. The number of aromatic nitrogens is 2. The molecule has 0 saturated carbocycles. The summed E-state index contributed by atoms with van der Waals surface area (Å²) >= 11 is 3.39. The molecule has 0 atom stereocenters. The highest BCUT2D eigenvalue weighted by Crippen LogP contribution is 2.32. The van der Waals surface area contributed by atoms with Crippen LogP contribution in [0.5, 0.6) is 5.75 Å². The Morgan fingerprint density at radius 1 is 1.23 bits per heavy atom. The van der Waals surface area contributed by atoms with Gasteiger partial charge in [0.25, 0.3) is 0 Å². The highest BCUT2D eigenvalue weighted by molar-refractivity contribution is 9.10. The van der Waals surface area contributed by atoms with Gasteiger partial charge in [-0.05, 0) is 48.9 Å². The largest absolute Gasteiger partial charge is 0.492 e. The van der Waals surface area contributed by atoms with Crippen molar-refractivity contribution < 1.29 is 19.0 Å². The first-order valence-electron chi connectivity index (χ1n) is 9.55. The number of fused-ring (bicyclic) bond motifs is 1. The number of ether oxygens (including phenoxy) is 1. The summed E-state index contributed by atoms with van der Waals surface area (Å²) in [6.07, 6.45) is 1.49. The lowest BCUT2D eigenvalue weighted by atomic mass is 10.1. The fourth-order valence-corrected chi connectivity index (χ4v) is 3.78. The molecule has 4 rings (SSSR count). The predicted octanol–water partition coefficient (Wildman–Crippen LogP) is 5.77. The van der Waals surface area contributed by atoms with E-state index in [0.717, 1.165) is 15.8 Å². The van der Waals surface area contributed by atoms with Gasteiger partial charge in [-0.15, -0.1) is 0 Å². The summed E-state index contributed by atoms with van der Waals surface area (Å²) in [4.78, 5) is 16.1. The molecule has 8 heteroatoms. The first-order valence-corrected chi connectivity index (χ1v) is 10.3. The minimum atomic E-state index is -1.23. The second kappa shape index (κ2) is 8.77. The molecule has 1 heterocycles. The van der Waals surface area contributed by atoms with Crippen molar-refractivity contribution in [1.82, 2.24) is 9.55 Å². The maximum absolute atomic E-state index is 15.3. The smallest absolute Gasteiger partial charge is 0.338 e. The highest BCUT2D eigenvalue weighted by Gasteiger charge is 2.22. The Balaban J connectivity index is 1.66.